The molecule has 2 heterocycles. The summed E-state index contributed by atoms with van der Waals surface area (Å²) < 4.78 is 0. The van der Waals surface area contributed by atoms with Crippen molar-refractivity contribution < 1.29 is 14.4 Å². The zero-order valence-corrected chi connectivity index (χ0v) is 9.63. The maximum absolute atomic E-state index is 11.8. The molecule has 0 saturated carbocycles. The molecule has 2 rings (SSSR count). The molecule has 1 fully saturated rings. The molecule has 1 aliphatic heterocycles. The molecule has 1 unspecified atom stereocenters. The van der Waals surface area contributed by atoms with Gasteiger partial charge >= 0.3 is 6.03 Å². The summed E-state index contributed by atoms with van der Waals surface area (Å²) in [7, 11) is 0. The van der Waals surface area contributed by atoms with Crippen LogP contribution >= 0.6 is 11.3 Å². The molecule has 1 aliphatic rings. The summed E-state index contributed by atoms with van der Waals surface area (Å²) in [6.45, 7) is 2.84. The van der Waals surface area contributed by atoms with E-state index in [1.807, 2.05) is 0 Å². The van der Waals surface area contributed by atoms with E-state index in [4.69, 9.17) is 0 Å². The number of carbonyl (C=O) groups is 3. The molecule has 0 bridgehead atoms. The third-order valence-corrected chi connectivity index (χ3v) is 3.71. The Kier molecular flexibility index (Phi) is 2.31. The standard InChI is InChI=1S/C10H10N2O3S/c1-6(13)12-9(15)11-8(14)10(12,2)7-4-3-5-16-7/h3-5H,1-2H3,(H,11,14,15). The van der Waals surface area contributed by atoms with Crippen LogP contribution < -0.4 is 5.32 Å². The van der Waals surface area contributed by atoms with Gasteiger partial charge in [0.2, 0.25) is 5.91 Å². The lowest BCUT2D eigenvalue weighted by Gasteiger charge is -2.27. The SMILES string of the molecule is CC(=O)N1C(=O)NC(=O)C1(C)c1cccs1. The Morgan fingerprint density at radius 3 is 2.69 bits per heavy atom. The van der Waals surface area contributed by atoms with Gasteiger partial charge in [0.15, 0.2) is 5.54 Å². The Balaban J connectivity index is 2.56. The van der Waals surface area contributed by atoms with Crippen LogP contribution in [-0.2, 0) is 15.1 Å². The predicted molar refractivity (Wildman–Crippen MR) is 57.7 cm³/mol. The first-order valence-electron chi connectivity index (χ1n) is 4.68. The molecule has 0 radical (unpaired) electrons. The van der Waals surface area contributed by atoms with Crippen molar-refractivity contribution >= 4 is 29.2 Å². The molecule has 4 amide bonds. The van der Waals surface area contributed by atoms with Crippen molar-refractivity contribution in [3.63, 3.8) is 0 Å². The first-order chi connectivity index (χ1) is 7.48. The van der Waals surface area contributed by atoms with Crippen molar-refractivity contribution in [2.75, 3.05) is 0 Å². The van der Waals surface area contributed by atoms with Gasteiger partial charge in [-0.3, -0.25) is 14.9 Å². The summed E-state index contributed by atoms with van der Waals surface area (Å²) in [5.74, 6) is -0.908. The fourth-order valence-corrected chi connectivity index (χ4v) is 2.69. The second-order valence-corrected chi connectivity index (χ2v) is 4.61. The van der Waals surface area contributed by atoms with Crippen LogP contribution in [0.2, 0.25) is 0 Å². The smallest absolute Gasteiger partial charge is 0.275 e. The van der Waals surface area contributed by atoms with Crippen molar-refractivity contribution in [2.45, 2.75) is 19.4 Å². The first kappa shape index (κ1) is 10.8. The number of rotatable bonds is 1. The van der Waals surface area contributed by atoms with Gasteiger partial charge in [0.1, 0.15) is 0 Å². The molecule has 1 saturated heterocycles. The zero-order chi connectivity index (χ0) is 11.9. The Morgan fingerprint density at radius 1 is 1.50 bits per heavy atom. The van der Waals surface area contributed by atoms with E-state index in [1.54, 1.807) is 24.4 Å². The molecule has 1 N–H and O–H groups in total. The van der Waals surface area contributed by atoms with Crippen LogP contribution in [0.1, 0.15) is 18.7 Å². The fourth-order valence-electron chi connectivity index (χ4n) is 1.81. The van der Waals surface area contributed by atoms with Gasteiger partial charge in [-0.25, -0.2) is 9.69 Å². The molecule has 1 atom stereocenters. The van der Waals surface area contributed by atoms with Gasteiger partial charge < -0.3 is 0 Å². The molecule has 5 nitrogen and oxygen atoms in total. The van der Waals surface area contributed by atoms with Gasteiger partial charge in [-0.2, -0.15) is 0 Å². The topological polar surface area (TPSA) is 66.5 Å². The summed E-state index contributed by atoms with van der Waals surface area (Å²) in [6, 6.07) is 2.85. The van der Waals surface area contributed by atoms with Crippen molar-refractivity contribution in [1.29, 1.82) is 0 Å². The average molecular weight is 238 g/mol. The van der Waals surface area contributed by atoms with E-state index < -0.39 is 23.4 Å². The van der Waals surface area contributed by atoms with Crippen molar-refractivity contribution in [1.82, 2.24) is 10.2 Å². The molecule has 6 heteroatoms. The number of amides is 4. The minimum absolute atomic E-state index is 0.445. The summed E-state index contributed by atoms with van der Waals surface area (Å²) in [4.78, 5) is 36.4. The molecule has 16 heavy (non-hydrogen) atoms. The summed E-state index contributed by atoms with van der Waals surface area (Å²) in [6.07, 6.45) is 0. The highest BCUT2D eigenvalue weighted by atomic mass is 32.1. The highest BCUT2D eigenvalue weighted by molar-refractivity contribution is 7.10. The van der Waals surface area contributed by atoms with Crippen LogP contribution in [0.4, 0.5) is 4.79 Å². The Labute approximate surface area is 96.0 Å². The Bertz CT molecular complexity index is 468. The lowest BCUT2D eigenvalue weighted by atomic mass is 9.98. The monoisotopic (exact) mass is 238 g/mol. The minimum Gasteiger partial charge on any atom is -0.275 e. The minimum atomic E-state index is -1.21. The summed E-state index contributed by atoms with van der Waals surface area (Å²) >= 11 is 1.34. The molecule has 84 valence electrons. The number of nitrogens with zero attached hydrogens (tertiary/aromatic N) is 1. The highest BCUT2D eigenvalue weighted by Gasteiger charge is 2.53. The van der Waals surface area contributed by atoms with Crippen LogP contribution in [0.3, 0.4) is 0 Å². The lowest BCUT2D eigenvalue weighted by molar-refractivity contribution is -0.136. The molecule has 1 aromatic rings. The molecule has 0 aliphatic carbocycles. The van der Waals surface area contributed by atoms with Gasteiger partial charge in [-0.15, -0.1) is 11.3 Å². The quantitative estimate of drug-likeness (QED) is 0.744. The zero-order valence-electron chi connectivity index (χ0n) is 8.81. The van der Waals surface area contributed by atoms with Gasteiger partial charge in [0.05, 0.1) is 0 Å². The second-order valence-electron chi connectivity index (χ2n) is 3.66. The number of thiophene rings is 1. The second kappa shape index (κ2) is 3.41. The lowest BCUT2D eigenvalue weighted by Crippen LogP contribution is -2.46. The van der Waals surface area contributed by atoms with E-state index in [2.05, 4.69) is 5.32 Å². The largest absolute Gasteiger partial charge is 0.332 e. The normalized spacial score (nSPS) is 24.8. The number of nitrogens with one attached hydrogen (secondary N) is 1. The Morgan fingerprint density at radius 2 is 2.19 bits per heavy atom. The number of imide groups is 2. The van der Waals surface area contributed by atoms with Crippen LogP contribution in [0.25, 0.3) is 0 Å². The van der Waals surface area contributed by atoms with Crippen LogP contribution in [0, 0.1) is 0 Å². The van der Waals surface area contributed by atoms with Crippen molar-refractivity contribution in [2.24, 2.45) is 0 Å². The van der Waals surface area contributed by atoms with Gasteiger partial charge in [-0.1, -0.05) is 6.07 Å². The van der Waals surface area contributed by atoms with E-state index in [-0.39, 0.29) is 0 Å². The van der Waals surface area contributed by atoms with E-state index in [0.717, 1.165) is 4.90 Å². The fraction of sp³-hybridized carbons (Fsp3) is 0.300. The van der Waals surface area contributed by atoms with Gasteiger partial charge in [0, 0.05) is 11.8 Å². The van der Waals surface area contributed by atoms with Crippen molar-refractivity contribution in [3.8, 4) is 0 Å². The van der Waals surface area contributed by atoms with E-state index in [9.17, 15) is 14.4 Å². The number of carbonyl (C=O) groups excluding carboxylic acids is 3. The predicted octanol–water partition coefficient (Wildman–Crippen LogP) is 1.06. The molecular formula is C10H10N2O3S. The number of hydrogen-bond donors (Lipinski definition) is 1. The number of urea groups is 1. The van der Waals surface area contributed by atoms with Gasteiger partial charge in [0.25, 0.3) is 5.91 Å². The van der Waals surface area contributed by atoms with Crippen LogP contribution in [-0.4, -0.2) is 22.7 Å². The van der Waals surface area contributed by atoms with E-state index in [1.165, 1.54) is 18.3 Å². The maximum atomic E-state index is 11.8. The van der Waals surface area contributed by atoms with Crippen LogP contribution in [0.15, 0.2) is 17.5 Å². The first-order valence-corrected chi connectivity index (χ1v) is 5.56. The molecule has 0 aromatic carbocycles. The summed E-state index contributed by atoms with van der Waals surface area (Å²) in [5, 5.41) is 3.96. The van der Waals surface area contributed by atoms with Crippen LogP contribution in [0.5, 0.6) is 0 Å². The van der Waals surface area contributed by atoms with E-state index in [0.29, 0.717) is 4.88 Å². The summed E-state index contributed by atoms with van der Waals surface area (Å²) in [5.41, 5.74) is -1.21. The third kappa shape index (κ3) is 1.26. The highest BCUT2D eigenvalue weighted by Crippen LogP contribution is 2.35. The third-order valence-electron chi connectivity index (χ3n) is 2.63. The molecular weight excluding hydrogens is 228 g/mol. The van der Waals surface area contributed by atoms with E-state index >= 15 is 0 Å². The average Bonchev–Trinajstić information content (AvgIpc) is 2.74. The molecule has 1 aromatic heterocycles. The molecule has 0 spiro atoms. The number of hydrogen-bond acceptors (Lipinski definition) is 4. The van der Waals surface area contributed by atoms with Crippen molar-refractivity contribution in [3.05, 3.63) is 22.4 Å². The Hall–Kier alpha value is -1.69. The maximum Gasteiger partial charge on any atom is 0.332 e. The van der Waals surface area contributed by atoms with Gasteiger partial charge in [-0.05, 0) is 18.4 Å².